The van der Waals surface area contributed by atoms with E-state index in [-0.39, 0.29) is 13.4 Å². The molecule has 0 amide bonds. The first-order chi connectivity index (χ1) is 40.0. The second-order valence-electron chi connectivity index (χ2n) is 24.6. The molecule has 0 radical (unpaired) electrons. The van der Waals surface area contributed by atoms with Gasteiger partial charge in [-0.15, -0.1) is 0 Å². The van der Waals surface area contributed by atoms with Crippen LogP contribution in [0.5, 0.6) is 0 Å². The highest BCUT2D eigenvalue weighted by Crippen LogP contribution is 2.44. The van der Waals surface area contributed by atoms with Gasteiger partial charge >= 0.3 is 0 Å². The molecule has 0 fully saturated rings. The van der Waals surface area contributed by atoms with Gasteiger partial charge in [-0.1, -0.05) is 273 Å². The quantitative estimate of drug-likeness (QED) is 0.121. The van der Waals surface area contributed by atoms with E-state index in [2.05, 4.69) is 295 Å². The molecule has 0 spiro atoms. The lowest BCUT2D eigenvalue weighted by molar-refractivity contribution is 0.845. The van der Waals surface area contributed by atoms with Crippen molar-refractivity contribution in [1.29, 1.82) is 0 Å². The van der Waals surface area contributed by atoms with Crippen molar-refractivity contribution in [1.82, 2.24) is 9.13 Å². The molecule has 0 bridgehead atoms. The van der Waals surface area contributed by atoms with E-state index in [1.54, 1.807) is 0 Å². The molecule has 13 aromatic rings. The summed E-state index contributed by atoms with van der Waals surface area (Å²) in [4.78, 5) is 0. The summed E-state index contributed by atoms with van der Waals surface area (Å²) in [6.07, 6.45) is 0. The first kappa shape index (κ1) is 50.1. The van der Waals surface area contributed by atoms with Crippen LogP contribution in [0, 0.1) is 0 Å². The molecule has 4 heteroatoms. The SMILES string of the molecule is CC(C)c1cccc(C(C)C)c1B1c2cc3c(cc2-n2c4cc(-c5ccccc5)ccc4c4c(-c5ccccc5)ccc1c42)B(c1c(C(C)C)cccc1C(C)C)c1ccc(-c2ccccc2)c2c4ccc(-c5ccccc5)cc4n-3c12. The Balaban J connectivity index is 1.17. The average molecular weight is 1050 g/mol. The Kier molecular flexibility index (Phi) is 11.9. The van der Waals surface area contributed by atoms with Crippen LogP contribution < -0.4 is 32.8 Å². The van der Waals surface area contributed by atoms with Crippen molar-refractivity contribution in [3.05, 3.63) is 253 Å². The van der Waals surface area contributed by atoms with Crippen molar-refractivity contribution in [3.63, 3.8) is 0 Å². The van der Waals surface area contributed by atoms with E-state index < -0.39 is 0 Å². The van der Waals surface area contributed by atoms with Gasteiger partial charge in [-0.05, 0) is 137 Å². The largest absolute Gasteiger partial charge is 0.310 e. The van der Waals surface area contributed by atoms with Gasteiger partial charge < -0.3 is 9.13 Å². The van der Waals surface area contributed by atoms with Crippen LogP contribution in [-0.2, 0) is 0 Å². The monoisotopic (exact) mass is 1050 g/mol. The summed E-state index contributed by atoms with van der Waals surface area (Å²) >= 11 is 0. The first-order valence-corrected chi connectivity index (χ1v) is 29.9. The van der Waals surface area contributed by atoms with Crippen molar-refractivity contribution in [2.45, 2.75) is 79.1 Å². The molecule has 2 aliphatic heterocycles. The van der Waals surface area contributed by atoms with Crippen LogP contribution in [0.4, 0.5) is 0 Å². The number of nitrogens with zero attached hydrogens (tertiary/aromatic N) is 2. The van der Waals surface area contributed by atoms with E-state index in [1.165, 1.54) is 155 Å². The second-order valence-corrected chi connectivity index (χ2v) is 24.6. The average Bonchev–Trinajstić information content (AvgIpc) is 2.69. The summed E-state index contributed by atoms with van der Waals surface area (Å²) in [5.41, 5.74) is 31.4. The fourth-order valence-electron chi connectivity index (χ4n) is 14.9. The topological polar surface area (TPSA) is 9.86 Å². The number of aromatic nitrogens is 2. The molecular formula is C78H66B2N2. The van der Waals surface area contributed by atoms with Gasteiger partial charge in [-0.25, -0.2) is 0 Å². The van der Waals surface area contributed by atoms with Crippen molar-refractivity contribution in [2.24, 2.45) is 0 Å². The molecule has 394 valence electrons. The van der Waals surface area contributed by atoms with Gasteiger partial charge in [0.1, 0.15) is 0 Å². The molecule has 82 heavy (non-hydrogen) atoms. The summed E-state index contributed by atoms with van der Waals surface area (Å²) in [7, 11) is 0. The minimum atomic E-state index is -0.0732. The number of rotatable bonds is 10. The maximum atomic E-state index is 2.72. The lowest BCUT2D eigenvalue weighted by Crippen LogP contribution is -2.61. The summed E-state index contributed by atoms with van der Waals surface area (Å²) in [5.74, 6) is 1.20. The van der Waals surface area contributed by atoms with E-state index in [4.69, 9.17) is 0 Å². The summed E-state index contributed by atoms with van der Waals surface area (Å²) in [5, 5.41) is 5.17. The van der Waals surface area contributed by atoms with E-state index in [1.807, 2.05) is 0 Å². The highest BCUT2D eigenvalue weighted by molar-refractivity contribution is 7.00. The third-order valence-electron chi connectivity index (χ3n) is 18.6. The molecule has 15 rings (SSSR count). The van der Waals surface area contributed by atoms with Gasteiger partial charge in [0.05, 0.1) is 11.0 Å². The number of fused-ring (bicyclic) bond motifs is 10. The lowest BCUT2D eigenvalue weighted by atomic mass is 9.31. The molecular weight excluding hydrogens is 986 g/mol. The zero-order valence-electron chi connectivity index (χ0n) is 48.3. The maximum Gasteiger partial charge on any atom is 0.247 e. The Labute approximate surface area is 483 Å². The van der Waals surface area contributed by atoms with Crippen LogP contribution in [-0.4, -0.2) is 22.6 Å². The summed E-state index contributed by atoms with van der Waals surface area (Å²) in [6.45, 7) is 19.0. The first-order valence-electron chi connectivity index (χ1n) is 29.9. The van der Waals surface area contributed by atoms with Gasteiger partial charge in [0, 0.05) is 44.0 Å². The predicted octanol–water partition coefficient (Wildman–Crippen LogP) is 16.7. The molecule has 2 nitrogen and oxygen atoms in total. The van der Waals surface area contributed by atoms with Crippen molar-refractivity contribution in [2.75, 3.05) is 0 Å². The molecule has 4 heterocycles. The van der Waals surface area contributed by atoms with Crippen LogP contribution >= 0.6 is 0 Å². The fourth-order valence-corrected chi connectivity index (χ4v) is 14.9. The Morgan fingerprint density at radius 2 is 0.610 bits per heavy atom. The van der Waals surface area contributed by atoms with E-state index in [0.717, 1.165) is 0 Å². The third-order valence-corrected chi connectivity index (χ3v) is 18.6. The molecule has 0 atom stereocenters. The van der Waals surface area contributed by atoms with Crippen LogP contribution in [0.15, 0.2) is 231 Å². The second kappa shape index (κ2) is 19.4. The van der Waals surface area contributed by atoms with Crippen LogP contribution in [0.3, 0.4) is 0 Å². The predicted molar refractivity (Wildman–Crippen MR) is 355 cm³/mol. The van der Waals surface area contributed by atoms with Gasteiger partial charge in [0.2, 0.25) is 13.4 Å². The van der Waals surface area contributed by atoms with Crippen LogP contribution in [0.2, 0.25) is 0 Å². The van der Waals surface area contributed by atoms with Crippen LogP contribution in [0.25, 0.3) is 99.5 Å². The molecule has 2 aromatic heterocycles. The van der Waals surface area contributed by atoms with Gasteiger partial charge in [0.25, 0.3) is 0 Å². The van der Waals surface area contributed by atoms with E-state index in [9.17, 15) is 0 Å². The van der Waals surface area contributed by atoms with Gasteiger partial charge in [0.15, 0.2) is 0 Å². The van der Waals surface area contributed by atoms with Crippen molar-refractivity contribution < 1.29 is 0 Å². The zero-order valence-corrected chi connectivity index (χ0v) is 48.3. The number of hydrogen-bond donors (Lipinski definition) is 0. The Bertz CT molecular complexity index is 4330. The number of benzene rings is 11. The molecule has 11 aromatic carbocycles. The Morgan fingerprint density at radius 1 is 0.280 bits per heavy atom. The normalized spacial score (nSPS) is 12.8. The van der Waals surface area contributed by atoms with E-state index in [0.29, 0.717) is 23.7 Å². The van der Waals surface area contributed by atoms with E-state index >= 15 is 0 Å². The minimum absolute atomic E-state index is 0.0732. The Hall–Kier alpha value is -8.85. The lowest BCUT2D eigenvalue weighted by Gasteiger charge is -2.36. The Morgan fingerprint density at radius 3 is 0.939 bits per heavy atom. The fraction of sp³-hybridized carbons (Fsp3) is 0.154. The zero-order chi connectivity index (χ0) is 55.7. The standard InChI is InChI=1S/C78H66B2N2/c1-47(2)57-31-21-32-58(48(3)4)75(57)79-65-41-39-61(53-27-17-11-18-28-53)73-63-37-35-55(51-23-13-9-14-24-51)43-69(63)81(77(65)73)71-46-68-72(45-67(71)79)82-70-44-56(52-25-15-10-16-26-52)36-38-64(70)74-62(54-29-19-12-20-30-54)40-42-66(78(74)82)80(68)76-59(49(5)6)33-22-34-60(76)50(7)8/h9-50H,1-8H3. The van der Waals surface area contributed by atoms with Crippen LogP contribution in [0.1, 0.15) is 101 Å². The van der Waals surface area contributed by atoms with Crippen molar-refractivity contribution in [3.8, 4) is 55.9 Å². The molecule has 0 saturated carbocycles. The maximum absolute atomic E-state index is 2.72. The molecule has 0 N–H and O–H groups in total. The van der Waals surface area contributed by atoms with Gasteiger partial charge in [-0.2, -0.15) is 0 Å². The third kappa shape index (κ3) is 7.56. The molecule has 0 aliphatic carbocycles. The summed E-state index contributed by atoms with van der Waals surface area (Å²) < 4.78 is 5.44. The molecule has 2 aliphatic rings. The molecule has 0 saturated heterocycles. The summed E-state index contributed by atoms with van der Waals surface area (Å²) in [6, 6.07) is 88.4. The minimum Gasteiger partial charge on any atom is -0.310 e. The van der Waals surface area contributed by atoms with Crippen molar-refractivity contribution >= 4 is 89.8 Å². The highest BCUT2D eigenvalue weighted by Gasteiger charge is 2.43. The van der Waals surface area contributed by atoms with Gasteiger partial charge in [-0.3, -0.25) is 0 Å². The molecule has 0 unspecified atom stereocenters. The number of hydrogen-bond acceptors (Lipinski definition) is 0. The smallest absolute Gasteiger partial charge is 0.247 e. The highest BCUT2D eigenvalue weighted by atomic mass is 15.0.